The molecule has 0 radical (unpaired) electrons. The second-order valence-corrected chi connectivity index (χ2v) is 3.61. The highest BCUT2D eigenvalue weighted by Crippen LogP contribution is 2.08. The molecule has 3 N–H and O–H groups in total. The molecule has 0 bridgehead atoms. The number of nitrogens with one attached hydrogen (secondary N) is 1. The molecule has 0 saturated heterocycles. The van der Waals surface area contributed by atoms with Gasteiger partial charge < -0.3 is 11.1 Å². The van der Waals surface area contributed by atoms with Crippen molar-refractivity contribution in [1.82, 2.24) is 0 Å². The normalized spacial score (nSPS) is 12.1. The zero-order valence-corrected chi connectivity index (χ0v) is 8.47. The van der Waals surface area contributed by atoms with Crippen molar-refractivity contribution in [3.05, 3.63) is 30.3 Å². The lowest BCUT2D eigenvalue weighted by Gasteiger charge is -2.13. The molecule has 0 aliphatic carbocycles. The van der Waals surface area contributed by atoms with Gasteiger partial charge in [0.2, 0.25) is 0 Å². The molecule has 2 nitrogen and oxygen atoms in total. The van der Waals surface area contributed by atoms with Crippen molar-refractivity contribution in [1.29, 1.82) is 0 Å². The molecular formula is C10H14N2S. The number of anilines is 1. The number of benzene rings is 1. The number of hydrogen-bond donors (Lipinski definition) is 2. The van der Waals surface area contributed by atoms with Gasteiger partial charge in [-0.15, -0.1) is 0 Å². The first-order valence-corrected chi connectivity index (χ1v) is 4.69. The standard InChI is InChI=1S/C10H14N2S/c1-8(7-10(11)13)12-9-5-3-2-4-6-9/h2-6,8,12H,7H2,1H3,(H2,11,13). The third-order valence-corrected chi connectivity index (χ3v) is 1.86. The quantitative estimate of drug-likeness (QED) is 0.721. The summed E-state index contributed by atoms with van der Waals surface area (Å²) in [5, 5.41) is 3.31. The maximum Gasteiger partial charge on any atom is 0.0747 e. The summed E-state index contributed by atoms with van der Waals surface area (Å²) in [5.74, 6) is 0. The van der Waals surface area contributed by atoms with Crippen LogP contribution in [0.15, 0.2) is 30.3 Å². The van der Waals surface area contributed by atoms with Gasteiger partial charge in [0.05, 0.1) is 4.99 Å². The molecule has 0 amide bonds. The maximum atomic E-state index is 5.44. The van der Waals surface area contributed by atoms with Gasteiger partial charge >= 0.3 is 0 Å². The molecule has 1 rings (SSSR count). The van der Waals surface area contributed by atoms with Crippen molar-refractivity contribution in [3.63, 3.8) is 0 Å². The van der Waals surface area contributed by atoms with Crippen molar-refractivity contribution >= 4 is 22.9 Å². The van der Waals surface area contributed by atoms with Crippen LogP contribution in [0.25, 0.3) is 0 Å². The summed E-state index contributed by atoms with van der Waals surface area (Å²) in [4.78, 5) is 0.552. The molecule has 0 aliphatic rings. The van der Waals surface area contributed by atoms with Crippen molar-refractivity contribution in [2.24, 2.45) is 5.73 Å². The molecule has 3 heteroatoms. The van der Waals surface area contributed by atoms with Gasteiger partial charge in [-0.25, -0.2) is 0 Å². The predicted molar refractivity (Wildman–Crippen MR) is 60.9 cm³/mol. The molecule has 1 unspecified atom stereocenters. The molecule has 0 spiro atoms. The monoisotopic (exact) mass is 194 g/mol. The zero-order valence-electron chi connectivity index (χ0n) is 7.66. The van der Waals surface area contributed by atoms with Gasteiger partial charge in [-0.05, 0) is 19.1 Å². The third-order valence-electron chi connectivity index (χ3n) is 1.69. The van der Waals surface area contributed by atoms with Crippen LogP contribution in [0.3, 0.4) is 0 Å². The maximum absolute atomic E-state index is 5.44. The van der Waals surface area contributed by atoms with Gasteiger partial charge in [0.15, 0.2) is 0 Å². The van der Waals surface area contributed by atoms with E-state index in [4.69, 9.17) is 18.0 Å². The Morgan fingerprint density at radius 1 is 1.46 bits per heavy atom. The second kappa shape index (κ2) is 4.82. The van der Waals surface area contributed by atoms with Gasteiger partial charge in [-0.2, -0.15) is 0 Å². The Kier molecular flexibility index (Phi) is 3.71. The van der Waals surface area contributed by atoms with Crippen molar-refractivity contribution in [2.75, 3.05) is 5.32 Å². The molecule has 1 atom stereocenters. The average molecular weight is 194 g/mol. The summed E-state index contributed by atoms with van der Waals surface area (Å²) in [6.07, 6.45) is 0.726. The lowest BCUT2D eigenvalue weighted by atomic mass is 10.2. The first-order valence-electron chi connectivity index (χ1n) is 4.28. The first-order chi connectivity index (χ1) is 6.18. The van der Waals surface area contributed by atoms with Crippen LogP contribution < -0.4 is 11.1 Å². The van der Waals surface area contributed by atoms with Gasteiger partial charge in [-0.1, -0.05) is 30.4 Å². The summed E-state index contributed by atoms with van der Waals surface area (Å²) in [7, 11) is 0. The van der Waals surface area contributed by atoms with E-state index >= 15 is 0 Å². The molecule has 0 heterocycles. The van der Waals surface area contributed by atoms with Crippen LogP contribution >= 0.6 is 12.2 Å². The number of hydrogen-bond acceptors (Lipinski definition) is 2. The predicted octanol–water partition coefficient (Wildman–Crippen LogP) is 2.16. The fourth-order valence-electron chi connectivity index (χ4n) is 1.17. The van der Waals surface area contributed by atoms with E-state index in [0.717, 1.165) is 12.1 Å². The van der Waals surface area contributed by atoms with Crippen LogP contribution in [-0.4, -0.2) is 11.0 Å². The summed E-state index contributed by atoms with van der Waals surface area (Å²) in [6, 6.07) is 10.3. The molecule has 0 aromatic heterocycles. The van der Waals surface area contributed by atoms with Crippen LogP contribution in [0.1, 0.15) is 13.3 Å². The van der Waals surface area contributed by atoms with Gasteiger partial charge in [0.1, 0.15) is 0 Å². The van der Waals surface area contributed by atoms with Gasteiger partial charge in [0, 0.05) is 18.2 Å². The van der Waals surface area contributed by atoms with Gasteiger partial charge in [-0.3, -0.25) is 0 Å². The number of rotatable bonds is 4. The Balaban J connectivity index is 2.45. The van der Waals surface area contributed by atoms with Crippen LogP contribution in [0.4, 0.5) is 5.69 Å². The SMILES string of the molecule is CC(CC(N)=S)Nc1ccccc1. The summed E-state index contributed by atoms with van der Waals surface area (Å²) >= 11 is 4.83. The fraction of sp³-hybridized carbons (Fsp3) is 0.300. The van der Waals surface area contributed by atoms with E-state index in [1.54, 1.807) is 0 Å². The highest BCUT2D eigenvalue weighted by Gasteiger charge is 2.02. The van der Waals surface area contributed by atoms with E-state index in [9.17, 15) is 0 Å². The van der Waals surface area contributed by atoms with Crippen LogP contribution in [-0.2, 0) is 0 Å². The molecule has 0 saturated carbocycles. The molecule has 70 valence electrons. The van der Waals surface area contributed by atoms with Crippen molar-refractivity contribution < 1.29 is 0 Å². The average Bonchev–Trinajstić information content (AvgIpc) is 2.04. The van der Waals surface area contributed by atoms with E-state index in [0.29, 0.717) is 11.0 Å². The zero-order chi connectivity index (χ0) is 9.68. The Labute approximate surface area is 84.1 Å². The van der Waals surface area contributed by atoms with Crippen LogP contribution in [0.2, 0.25) is 0 Å². The molecule has 1 aromatic carbocycles. The Bertz CT molecular complexity index is 272. The smallest absolute Gasteiger partial charge is 0.0747 e. The number of thiocarbonyl (C=S) groups is 1. The topological polar surface area (TPSA) is 38.0 Å². The molecule has 0 aliphatic heterocycles. The summed E-state index contributed by atoms with van der Waals surface area (Å²) in [5.41, 5.74) is 6.54. The van der Waals surface area contributed by atoms with E-state index in [2.05, 4.69) is 12.2 Å². The highest BCUT2D eigenvalue weighted by atomic mass is 32.1. The van der Waals surface area contributed by atoms with Crippen LogP contribution in [0, 0.1) is 0 Å². The number of nitrogens with two attached hydrogens (primary N) is 1. The largest absolute Gasteiger partial charge is 0.393 e. The first kappa shape index (κ1) is 9.99. The minimum absolute atomic E-state index is 0.292. The third kappa shape index (κ3) is 3.90. The number of para-hydroxylation sites is 1. The summed E-state index contributed by atoms with van der Waals surface area (Å²) in [6.45, 7) is 2.06. The van der Waals surface area contributed by atoms with E-state index in [-0.39, 0.29) is 0 Å². The van der Waals surface area contributed by atoms with E-state index in [1.807, 2.05) is 30.3 Å². The van der Waals surface area contributed by atoms with Crippen LogP contribution in [0.5, 0.6) is 0 Å². The Morgan fingerprint density at radius 2 is 2.08 bits per heavy atom. The highest BCUT2D eigenvalue weighted by molar-refractivity contribution is 7.80. The van der Waals surface area contributed by atoms with Crippen molar-refractivity contribution in [2.45, 2.75) is 19.4 Å². The van der Waals surface area contributed by atoms with Gasteiger partial charge in [0.25, 0.3) is 0 Å². The van der Waals surface area contributed by atoms with E-state index in [1.165, 1.54) is 0 Å². The minimum Gasteiger partial charge on any atom is -0.393 e. The fourth-order valence-corrected chi connectivity index (χ4v) is 1.42. The van der Waals surface area contributed by atoms with Crippen molar-refractivity contribution in [3.8, 4) is 0 Å². The van der Waals surface area contributed by atoms with E-state index < -0.39 is 0 Å². The molecular weight excluding hydrogens is 180 g/mol. The lowest BCUT2D eigenvalue weighted by molar-refractivity contribution is 0.839. The molecule has 0 fully saturated rings. The summed E-state index contributed by atoms with van der Waals surface area (Å²) < 4.78 is 0. The Morgan fingerprint density at radius 3 is 2.62 bits per heavy atom. The lowest BCUT2D eigenvalue weighted by Crippen LogP contribution is -2.22. The second-order valence-electron chi connectivity index (χ2n) is 3.08. The Hall–Kier alpha value is -1.09. The molecule has 13 heavy (non-hydrogen) atoms. The minimum atomic E-state index is 0.292. The molecule has 1 aromatic rings.